The minimum Gasteiger partial charge on any atom is -0.395 e. The van der Waals surface area contributed by atoms with Crippen LogP contribution in [0.2, 0.25) is 0 Å². The van der Waals surface area contributed by atoms with E-state index in [0.29, 0.717) is 19.6 Å². The summed E-state index contributed by atoms with van der Waals surface area (Å²) >= 11 is 0. The summed E-state index contributed by atoms with van der Waals surface area (Å²) in [6, 6.07) is 7.75. The molecule has 0 bridgehead atoms. The van der Waals surface area contributed by atoms with Crippen LogP contribution in [0.5, 0.6) is 0 Å². The molecule has 1 saturated heterocycles. The summed E-state index contributed by atoms with van der Waals surface area (Å²) in [4.78, 5) is 12.1. The van der Waals surface area contributed by atoms with E-state index in [2.05, 4.69) is 17.2 Å². The third-order valence-electron chi connectivity index (χ3n) is 3.52. The number of carbonyl (C=O) groups excluding carboxylic acids is 1. The van der Waals surface area contributed by atoms with Crippen LogP contribution >= 0.6 is 0 Å². The smallest absolute Gasteiger partial charge is 0.225 e. The number of aliphatic hydroxyl groups excluding tert-OH is 1. The zero-order chi connectivity index (χ0) is 15.1. The molecule has 0 saturated carbocycles. The van der Waals surface area contributed by atoms with Crippen molar-refractivity contribution in [1.82, 2.24) is 5.32 Å². The van der Waals surface area contributed by atoms with Crippen molar-refractivity contribution in [3.63, 3.8) is 0 Å². The van der Waals surface area contributed by atoms with Crippen LogP contribution in [0.4, 0.5) is 0 Å². The van der Waals surface area contributed by atoms with Gasteiger partial charge in [0.25, 0.3) is 0 Å². The molecule has 0 radical (unpaired) electrons. The average Bonchev–Trinajstić information content (AvgIpc) is 3.02. The van der Waals surface area contributed by atoms with Gasteiger partial charge >= 0.3 is 0 Å². The topological polar surface area (TPSA) is 58.6 Å². The largest absolute Gasteiger partial charge is 0.395 e. The van der Waals surface area contributed by atoms with Gasteiger partial charge in [0.05, 0.1) is 25.2 Å². The summed E-state index contributed by atoms with van der Waals surface area (Å²) in [6.07, 6.45) is 1.27. The average molecular weight is 287 g/mol. The number of ether oxygens (including phenoxy) is 1. The Bertz CT molecular complexity index is 538. The Hall–Kier alpha value is -1.83. The summed E-state index contributed by atoms with van der Waals surface area (Å²) in [6.45, 7) is 3.23. The molecule has 112 valence electrons. The van der Waals surface area contributed by atoms with Gasteiger partial charge in [0.15, 0.2) is 0 Å². The van der Waals surface area contributed by atoms with Crippen molar-refractivity contribution < 1.29 is 14.6 Å². The van der Waals surface area contributed by atoms with Crippen molar-refractivity contribution >= 4 is 5.91 Å². The number of benzene rings is 1. The van der Waals surface area contributed by atoms with Gasteiger partial charge in [0.2, 0.25) is 5.91 Å². The minimum absolute atomic E-state index is 0.0278. The number of hydrogen-bond donors (Lipinski definition) is 2. The molecule has 1 heterocycles. The number of carbonyl (C=O) groups is 1. The molecule has 4 nitrogen and oxygen atoms in total. The SMILES string of the molecule is CC(NC(=O)C1CCOC1)c1cccc(C#CCCO)c1. The van der Waals surface area contributed by atoms with Crippen LogP contribution in [0, 0.1) is 17.8 Å². The van der Waals surface area contributed by atoms with Crippen molar-refractivity contribution in [1.29, 1.82) is 0 Å². The summed E-state index contributed by atoms with van der Waals surface area (Å²) in [7, 11) is 0. The number of hydrogen-bond acceptors (Lipinski definition) is 3. The van der Waals surface area contributed by atoms with Gasteiger partial charge in [0.1, 0.15) is 0 Å². The fourth-order valence-electron chi connectivity index (χ4n) is 2.26. The van der Waals surface area contributed by atoms with Crippen molar-refractivity contribution in [2.75, 3.05) is 19.8 Å². The molecule has 0 aliphatic carbocycles. The van der Waals surface area contributed by atoms with Gasteiger partial charge in [0, 0.05) is 18.6 Å². The van der Waals surface area contributed by atoms with E-state index < -0.39 is 0 Å². The second-order valence-corrected chi connectivity index (χ2v) is 5.19. The fraction of sp³-hybridized carbons (Fsp3) is 0.471. The van der Waals surface area contributed by atoms with Gasteiger partial charge in [-0.1, -0.05) is 24.0 Å². The maximum absolute atomic E-state index is 12.1. The lowest BCUT2D eigenvalue weighted by atomic mass is 10.0. The van der Waals surface area contributed by atoms with E-state index in [4.69, 9.17) is 9.84 Å². The molecule has 1 fully saturated rings. The highest BCUT2D eigenvalue weighted by Gasteiger charge is 2.24. The summed E-state index contributed by atoms with van der Waals surface area (Å²) in [5.74, 6) is 5.93. The maximum Gasteiger partial charge on any atom is 0.225 e. The fourth-order valence-corrected chi connectivity index (χ4v) is 2.26. The predicted octanol–water partition coefficient (Wildman–Crippen LogP) is 1.63. The van der Waals surface area contributed by atoms with E-state index in [1.54, 1.807) is 0 Å². The maximum atomic E-state index is 12.1. The van der Waals surface area contributed by atoms with Crippen LogP contribution in [0.25, 0.3) is 0 Å². The highest BCUT2D eigenvalue weighted by atomic mass is 16.5. The molecule has 4 heteroatoms. The molecule has 2 N–H and O–H groups in total. The zero-order valence-electron chi connectivity index (χ0n) is 12.3. The molecule has 1 aromatic rings. The molecule has 0 aromatic heterocycles. The van der Waals surface area contributed by atoms with Crippen LogP contribution in [-0.2, 0) is 9.53 Å². The minimum atomic E-state index is -0.0577. The van der Waals surface area contributed by atoms with E-state index in [0.717, 1.165) is 17.5 Å². The normalized spacial score (nSPS) is 18.7. The van der Waals surface area contributed by atoms with E-state index >= 15 is 0 Å². The summed E-state index contributed by atoms with van der Waals surface area (Å²) < 4.78 is 5.24. The summed E-state index contributed by atoms with van der Waals surface area (Å²) in [5, 5.41) is 11.8. The Morgan fingerprint density at radius 1 is 1.57 bits per heavy atom. The lowest BCUT2D eigenvalue weighted by Gasteiger charge is -2.17. The third-order valence-corrected chi connectivity index (χ3v) is 3.52. The number of aliphatic hydroxyl groups is 1. The Labute approximate surface area is 125 Å². The second-order valence-electron chi connectivity index (χ2n) is 5.19. The lowest BCUT2D eigenvalue weighted by molar-refractivity contribution is -0.125. The molecule has 2 rings (SSSR count). The van der Waals surface area contributed by atoms with Crippen molar-refractivity contribution in [2.24, 2.45) is 5.92 Å². The molecule has 1 aliphatic rings. The van der Waals surface area contributed by atoms with Gasteiger partial charge < -0.3 is 15.2 Å². The highest BCUT2D eigenvalue weighted by Crippen LogP contribution is 2.17. The molecule has 2 unspecified atom stereocenters. The van der Waals surface area contributed by atoms with Crippen molar-refractivity contribution in [3.8, 4) is 11.8 Å². The number of amides is 1. The molecular formula is C17H21NO3. The van der Waals surface area contributed by atoms with Gasteiger partial charge in [-0.05, 0) is 31.0 Å². The first-order valence-corrected chi connectivity index (χ1v) is 7.28. The Kier molecular flexibility index (Phi) is 5.79. The first-order valence-electron chi connectivity index (χ1n) is 7.28. The van der Waals surface area contributed by atoms with Crippen LogP contribution in [0.1, 0.15) is 36.9 Å². The van der Waals surface area contributed by atoms with Gasteiger partial charge in [-0.2, -0.15) is 0 Å². The highest BCUT2D eigenvalue weighted by molar-refractivity contribution is 5.79. The van der Waals surface area contributed by atoms with E-state index in [-0.39, 0.29) is 24.5 Å². The van der Waals surface area contributed by atoms with Crippen LogP contribution < -0.4 is 5.32 Å². The Morgan fingerprint density at radius 3 is 3.14 bits per heavy atom. The molecule has 1 amide bonds. The molecule has 1 aromatic carbocycles. The molecular weight excluding hydrogens is 266 g/mol. The summed E-state index contributed by atoms with van der Waals surface area (Å²) in [5.41, 5.74) is 1.92. The van der Waals surface area contributed by atoms with E-state index in [9.17, 15) is 4.79 Å². The Morgan fingerprint density at radius 2 is 2.43 bits per heavy atom. The first-order chi connectivity index (χ1) is 10.2. The van der Waals surface area contributed by atoms with Crippen LogP contribution in [0.3, 0.4) is 0 Å². The molecule has 2 atom stereocenters. The van der Waals surface area contributed by atoms with E-state index in [1.807, 2.05) is 31.2 Å². The van der Waals surface area contributed by atoms with Gasteiger partial charge in [-0.3, -0.25) is 4.79 Å². The molecule has 1 aliphatic heterocycles. The lowest BCUT2D eigenvalue weighted by Crippen LogP contribution is -2.33. The van der Waals surface area contributed by atoms with Gasteiger partial charge in [-0.15, -0.1) is 0 Å². The second kappa shape index (κ2) is 7.82. The van der Waals surface area contributed by atoms with Crippen LogP contribution in [-0.4, -0.2) is 30.8 Å². The molecule has 0 spiro atoms. The number of nitrogens with one attached hydrogen (secondary N) is 1. The van der Waals surface area contributed by atoms with Crippen molar-refractivity contribution in [3.05, 3.63) is 35.4 Å². The number of rotatable bonds is 4. The van der Waals surface area contributed by atoms with Crippen LogP contribution in [0.15, 0.2) is 24.3 Å². The standard InChI is InChI=1S/C17H21NO3/c1-13(18-17(20)16-8-10-21-12-16)15-7-4-6-14(11-15)5-2-3-9-19/h4,6-7,11,13,16,19H,3,8-10,12H2,1H3,(H,18,20). The monoisotopic (exact) mass is 287 g/mol. The Balaban J connectivity index is 1.98. The van der Waals surface area contributed by atoms with Gasteiger partial charge in [-0.25, -0.2) is 0 Å². The first kappa shape index (κ1) is 15.6. The molecule has 21 heavy (non-hydrogen) atoms. The third kappa shape index (κ3) is 4.59. The zero-order valence-corrected chi connectivity index (χ0v) is 12.3. The van der Waals surface area contributed by atoms with E-state index in [1.165, 1.54) is 0 Å². The van der Waals surface area contributed by atoms with Crippen molar-refractivity contribution in [2.45, 2.75) is 25.8 Å². The quantitative estimate of drug-likeness (QED) is 0.828. The predicted molar refractivity (Wildman–Crippen MR) is 80.5 cm³/mol.